The molecule has 8 heteroatoms. The van der Waals surface area contributed by atoms with Gasteiger partial charge in [-0.1, -0.05) is 23.2 Å². The van der Waals surface area contributed by atoms with Crippen LogP contribution in [0.5, 0.6) is 5.75 Å². The van der Waals surface area contributed by atoms with Crippen LogP contribution in [0.3, 0.4) is 0 Å². The molecule has 2 aromatic heterocycles. The molecule has 4 rings (SSSR count). The van der Waals surface area contributed by atoms with Crippen LogP contribution in [0, 0.1) is 0 Å². The zero-order chi connectivity index (χ0) is 19.7. The van der Waals surface area contributed by atoms with Gasteiger partial charge in [0.15, 0.2) is 12.5 Å². The lowest BCUT2D eigenvalue weighted by atomic mass is 10.1. The molecule has 1 unspecified atom stereocenters. The minimum atomic E-state index is -0.392. The summed E-state index contributed by atoms with van der Waals surface area (Å²) in [5.74, 6) is 0.594. The maximum absolute atomic E-state index is 11.6. The summed E-state index contributed by atoms with van der Waals surface area (Å²) in [6.07, 6.45) is 6.28. The number of aldehydes is 1. The topological polar surface area (TPSA) is 66.2 Å². The van der Waals surface area contributed by atoms with E-state index in [0.717, 1.165) is 36.5 Å². The number of hydrogen-bond donors (Lipinski definition) is 0. The van der Waals surface area contributed by atoms with Crippen molar-refractivity contribution in [2.75, 3.05) is 6.61 Å². The number of hydrogen-bond acceptors (Lipinski definition) is 5. The summed E-state index contributed by atoms with van der Waals surface area (Å²) in [7, 11) is 0. The highest BCUT2D eigenvalue weighted by Crippen LogP contribution is 2.34. The van der Waals surface area contributed by atoms with Gasteiger partial charge in [0, 0.05) is 30.0 Å². The van der Waals surface area contributed by atoms with Gasteiger partial charge in [0.25, 0.3) is 0 Å². The number of fused-ring (bicyclic) bond motifs is 1. The Morgan fingerprint density at radius 1 is 1.29 bits per heavy atom. The lowest BCUT2D eigenvalue weighted by molar-refractivity contribution is -0.0367. The number of halogens is 2. The van der Waals surface area contributed by atoms with Crippen LogP contribution >= 0.6 is 23.2 Å². The van der Waals surface area contributed by atoms with Crippen LogP contribution in [-0.4, -0.2) is 27.7 Å². The molecule has 1 aromatic carbocycles. The smallest absolute Gasteiger partial charge is 0.170 e. The molecule has 1 saturated heterocycles. The van der Waals surface area contributed by atoms with Gasteiger partial charge in [-0.2, -0.15) is 5.10 Å². The van der Waals surface area contributed by atoms with Crippen LogP contribution in [0.25, 0.3) is 10.9 Å². The monoisotopic (exact) mass is 419 g/mol. The molecule has 0 amide bonds. The largest absolute Gasteiger partial charge is 0.486 e. The van der Waals surface area contributed by atoms with Crippen LogP contribution in [0.2, 0.25) is 10.0 Å². The van der Waals surface area contributed by atoms with Crippen LogP contribution < -0.4 is 4.74 Å². The SMILES string of the molecule is C[C@@H](Oc1ccc2c(c1)c(C=O)nn2C1CCCCO1)c1c(Cl)cncc1Cl. The van der Waals surface area contributed by atoms with E-state index < -0.39 is 6.10 Å². The summed E-state index contributed by atoms with van der Waals surface area (Å²) in [5.41, 5.74) is 1.87. The third-order valence-corrected chi connectivity index (χ3v) is 5.46. The van der Waals surface area contributed by atoms with Gasteiger partial charge in [0.2, 0.25) is 0 Å². The van der Waals surface area contributed by atoms with Gasteiger partial charge in [-0.3, -0.25) is 9.78 Å². The summed E-state index contributed by atoms with van der Waals surface area (Å²) in [4.78, 5) is 15.5. The maximum atomic E-state index is 11.6. The summed E-state index contributed by atoms with van der Waals surface area (Å²) >= 11 is 12.4. The fourth-order valence-corrected chi connectivity index (χ4v) is 4.19. The molecule has 6 nitrogen and oxygen atoms in total. The molecule has 28 heavy (non-hydrogen) atoms. The average Bonchev–Trinajstić information content (AvgIpc) is 3.06. The normalized spacial score (nSPS) is 18.2. The Balaban J connectivity index is 1.67. The number of carbonyl (C=O) groups excluding carboxylic acids is 1. The van der Waals surface area contributed by atoms with Gasteiger partial charge in [-0.05, 0) is 44.4 Å². The zero-order valence-corrected chi connectivity index (χ0v) is 16.8. The highest BCUT2D eigenvalue weighted by molar-refractivity contribution is 6.35. The molecule has 3 heterocycles. The van der Waals surface area contributed by atoms with Crippen LogP contribution in [0.15, 0.2) is 30.6 Å². The molecule has 0 N–H and O–H groups in total. The minimum absolute atomic E-state index is 0.148. The molecular weight excluding hydrogens is 401 g/mol. The predicted molar refractivity (Wildman–Crippen MR) is 107 cm³/mol. The Hall–Kier alpha value is -2.15. The number of rotatable bonds is 5. The number of pyridine rings is 1. The first kappa shape index (κ1) is 19.2. The number of benzene rings is 1. The van der Waals surface area contributed by atoms with Gasteiger partial charge < -0.3 is 9.47 Å². The highest BCUT2D eigenvalue weighted by atomic mass is 35.5. The molecule has 1 fully saturated rings. The average molecular weight is 420 g/mol. The number of nitrogens with zero attached hydrogens (tertiary/aromatic N) is 3. The zero-order valence-electron chi connectivity index (χ0n) is 15.3. The summed E-state index contributed by atoms with van der Waals surface area (Å²) < 4.78 is 13.7. The third-order valence-electron chi connectivity index (χ3n) is 4.86. The van der Waals surface area contributed by atoms with E-state index >= 15 is 0 Å². The molecule has 0 spiro atoms. The molecule has 1 aliphatic rings. The first-order valence-electron chi connectivity index (χ1n) is 9.13. The van der Waals surface area contributed by atoms with E-state index in [1.54, 1.807) is 4.68 Å². The molecule has 2 atom stereocenters. The van der Waals surface area contributed by atoms with Crippen LogP contribution in [0.4, 0.5) is 0 Å². The molecule has 0 saturated carbocycles. The molecule has 0 aliphatic carbocycles. The fraction of sp³-hybridized carbons (Fsp3) is 0.350. The van der Waals surface area contributed by atoms with E-state index in [2.05, 4.69) is 10.1 Å². The van der Waals surface area contributed by atoms with Crippen molar-refractivity contribution in [1.29, 1.82) is 0 Å². The number of aromatic nitrogens is 3. The van der Waals surface area contributed by atoms with Crippen LogP contribution in [0.1, 0.15) is 54.6 Å². The lowest BCUT2D eigenvalue weighted by Crippen LogP contribution is -2.19. The quantitative estimate of drug-likeness (QED) is 0.518. The summed E-state index contributed by atoms with van der Waals surface area (Å²) in [5, 5.41) is 6.06. The summed E-state index contributed by atoms with van der Waals surface area (Å²) in [6.45, 7) is 2.56. The second-order valence-corrected chi connectivity index (χ2v) is 7.54. The van der Waals surface area contributed by atoms with E-state index in [0.29, 0.717) is 33.7 Å². The fourth-order valence-electron chi connectivity index (χ4n) is 3.51. The molecule has 146 valence electrons. The minimum Gasteiger partial charge on any atom is -0.486 e. The van der Waals surface area contributed by atoms with E-state index in [4.69, 9.17) is 32.7 Å². The van der Waals surface area contributed by atoms with E-state index in [1.807, 2.05) is 25.1 Å². The Labute approximate surface area is 172 Å². The third kappa shape index (κ3) is 3.60. The molecule has 3 aromatic rings. The molecule has 0 bridgehead atoms. The second kappa shape index (κ2) is 8.07. The van der Waals surface area contributed by atoms with Crippen molar-refractivity contribution in [3.05, 3.63) is 51.9 Å². The van der Waals surface area contributed by atoms with E-state index in [-0.39, 0.29) is 6.23 Å². The molecule has 0 radical (unpaired) electrons. The Morgan fingerprint density at radius 3 is 2.75 bits per heavy atom. The van der Waals surface area contributed by atoms with Crippen molar-refractivity contribution >= 4 is 40.4 Å². The standard InChI is InChI=1S/C20H19Cl2N3O3/c1-12(20-15(21)9-23-10-16(20)22)28-13-5-6-18-14(8-13)17(11-26)24-25(18)19-4-2-3-7-27-19/h5-6,8-12,19H,2-4,7H2,1H3/t12-,19?/m1/s1. The first-order chi connectivity index (χ1) is 13.6. The van der Waals surface area contributed by atoms with Gasteiger partial charge >= 0.3 is 0 Å². The number of ether oxygens (including phenoxy) is 2. The van der Waals surface area contributed by atoms with Crippen molar-refractivity contribution in [2.24, 2.45) is 0 Å². The molecular formula is C20H19Cl2N3O3. The van der Waals surface area contributed by atoms with Crippen LogP contribution in [-0.2, 0) is 4.74 Å². The van der Waals surface area contributed by atoms with Crippen molar-refractivity contribution in [3.8, 4) is 5.75 Å². The van der Waals surface area contributed by atoms with Gasteiger partial charge in [-0.15, -0.1) is 0 Å². The van der Waals surface area contributed by atoms with Crippen molar-refractivity contribution < 1.29 is 14.3 Å². The highest BCUT2D eigenvalue weighted by Gasteiger charge is 2.22. The second-order valence-electron chi connectivity index (χ2n) is 6.72. The predicted octanol–water partition coefficient (Wildman–Crippen LogP) is 5.39. The lowest BCUT2D eigenvalue weighted by Gasteiger charge is -2.23. The van der Waals surface area contributed by atoms with Crippen molar-refractivity contribution in [3.63, 3.8) is 0 Å². The van der Waals surface area contributed by atoms with Gasteiger partial charge in [0.1, 0.15) is 17.5 Å². The van der Waals surface area contributed by atoms with E-state index in [1.165, 1.54) is 12.4 Å². The van der Waals surface area contributed by atoms with Gasteiger partial charge in [-0.25, -0.2) is 4.68 Å². The van der Waals surface area contributed by atoms with Crippen molar-refractivity contribution in [2.45, 2.75) is 38.5 Å². The number of carbonyl (C=O) groups is 1. The first-order valence-corrected chi connectivity index (χ1v) is 9.88. The Kier molecular flexibility index (Phi) is 5.53. The van der Waals surface area contributed by atoms with E-state index in [9.17, 15) is 4.79 Å². The van der Waals surface area contributed by atoms with Gasteiger partial charge in [0.05, 0.1) is 15.6 Å². The Bertz CT molecular complexity index is 995. The maximum Gasteiger partial charge on any atom is 0.170 e. The van der Waals surface area contributed by atoms with Crippen molar-refractivity contribution in [1.82, 2.24) is 14.8 Å². The Morgan fingerprint density at radius 2 is 2.07 bits per heavy atom. The summed E-state index contributed by atoms with van der Waals surface area (Å²) in [6, 6.07) is 5.55. The molecule has 1 aliphatic heterocycles.